The van der Waals surface area contributed by atoms with Crippen LogP contribution in [0.1, 0.15) is 23.2 Å². The summed E-state index contributed by atoms with van der Waals surface area (Å²) in [4.78, 5) is 38.0. The Labute approximate surface area is 144 Å². The molecule has 2 bridgehead atoms. The molecule has 3 saturated heterocycles. The number of anilines is 1. The molecule has 0 aromatic heterocycles. The molecular formula is C16H20N4O5. The van der Waals surface area contributed by atoms with Gasteiger partial charge < -0.3 is 20.2 Å². The van der Waals surface area contributed by atoms with E-state index in [0.717, 1.165) is 44.7 Å². The normalized spacial score (nSPS) is 22.3. The minimum Gasteiger partial charge on any atom is -0.480 e. The summed E-state index contributed by atoms with van der Waals surface area (Å²) in [7, 11) is 0. The van der Waals surface area contributed by atoms with Crippen molar-refractivity contribution in [1.82, 2.24) is 10.2 Å². The van der Waals surface area contributed by atoms with E-state index in [0.29, 0.717) is 6.04 Å². The van der Waals surface area contributed by atoms with Gasteiger partial charge in [0, 0.05) is 44.0 Å². The lowest BCUT2D eigenvalue weighted by molar-refractivity contribution is -0.385. The number of nitrogens with one attached hydrogen (secondary N) is 1. The largest absolute Gasteiger partial charge is 0.480 e. The number of carbonyl (C=O) groups excluding carboxylic acids is 1. The number of amides is 1. The molecule has 134 valence electrons. The van der Waals surface area contributed by atoms with Gasteiger partial charge in [-0.05, 0) is 25.0 Å². The van der Waals surface area contributed by atoms with Crippen molar-refractivity contribution >= 4 is 23.3 Å². The Hall–Kier alpha value is -2.68. The minimum absolute atomic E-state index is 0.108. The Bertz CT molecular complexity index is 700. The monoisotopic (exact) mass is 348 g/mol. The molecule has 4 rings (SSSR count). The molecule has 3 heterocycles. The van der Waals surface area contributed by atoms with Crippen molar-refractivity contribution in [3.05, 3.63) is 33.9 Å². The maximum atomic E-state index is 12.2. The third-order valence-electron chi connectivity index (χ3n) is 4.81. The molecule has 9 heteroatoms. The van der Waals surface area contributed by atoms with Crippen LogP contribution in [-0.2, 0) is 4.79 Å². The lowest BCUT2D eigenvalue weighted by Crippen LogP contribution is -2.38. The van der Waals surface area contributed by atoms with Crippen molar-refractivity contribution in [1.29, 1.82) is 0 Å². The van der Waals surface area contributed by atoms with E-state index in [1.54, 1.807) is 6.07 Å². The Morgan fingerprint density at radius 3 is 2.60 bits per heavy atom. The van der Waals surface area contributed by atoms with Crippen LogP contribution in [0.2, 0.25) is 0 Å². The molecular weight excluding hydrogens is 328 g/mol. The molecule has 1 aromatic rings. The van der Waals surface area contributed by atoms with Crippen LogP contribution < -0.4 is 10.2 Å². The van der Waals surface area contributed by atoms with E-state index in [1.165, 1.54) is 12.1 Å². The van der Waals surface area contributed by atoms with Crippen molar-refractivity contribution < 1.29 is 19.6 Å². The second kappa shape index (κ2) is 7.06. The Kier molecular flexibility index (Phi) is 4.84. The molecule has 1 aromatic carbocycles. The first-order chi connectivity index (χ1) is 12.0. The first-order valence-electron chi connectivity index (χ1n) is 8.23. The zero-order chi connectivity index (χ0) is 18.0. The van der Waals surface area contributed by atoms with E-state index in [2.05, 4.69) is 15.1 Å². The average Bonchev–Trinajstić information content (AvgIpc) is 2.92. The van der Waals surface area contributed by atoms with E-state index >= 15 is 0 Å². The van der Waals surface area contributed by atoms with Gasteiger partial charge in [-0.2, -0.15) is 0 Å². The molecule has 2 N–H and O–H groups in total. The number of nitrogens with zero attached hydrogens (tertiary/aromatic N) is 3. The van der Waals surface area contributed by atoms with E-state index in [9.17, 15) is 19.7 Å². The first-order valence-corrected chi connectivity index (χ1v) is 8.23. The topological polar surface area (TPSA) is 116 Å². The molecule has 3 fully saturated rings. The van der Waals surface area contributed by atoms with Gasteiger partial charge in [-0.15, -0.1) is 0 Å². The minimum atomic E-state index is -1.20. The van der Waals surface area contributed by atoms with Gasteiger partial charge in [0.15, 0.2) is 0 Å². The van der Waals surface area contributed by atoms with Crippen molar-refractivity contribution in [2.75, 3.05) is 37.6 Å². The highest BCUT2D eigenvalue weighted by atomic mass is 16.6. The predicted molar refractivity (Wildman–Crippen MR) is 89.9 cm³/mol. The summed E-state index contributed by atoms with van der Waals surface area (Å²) < 4.78 is 0. The van der Waals surface area contributed by atoms with Crippen molar-refractivity contribution in [3.8, 4) is 0 Å². The second-order valence-corrected chi connectivity index (χ2v) is 6.30. The summed E-state index contributed by atoms with van der Waals surface area (Å²) in [6.07, 6.45) is 2.05. The maximum absolute atomic E-state index is 12.2. The lowest BCUT2D eigenvalue weighted by atomic mass is 10.0. The van der Waals surface area contributed by atoms with E-state index in [-0.39, 0.29) is 11.3 Å². The molecule has 9 nitrogen and oxygen atoms in total. The summed E-state index contributed by atoms with van der Waals surface area (Å²) in [6, 6.07) is 4.85. The molecule has 3 aliphatic rings. The molecule has 0 unspecified atom stereocenters. The van der Waals surface area contributed by atoms with E-state index < -0.39 is 23.3 Å². The molecule has 0 aliphatic carbocycles. The Morgan fingerprint density at radius 2 is 1.96 bits per heavy atom. The zero-order valence-electron chi connectivity index (χ0n) is 13.7. The first kappa shape index (κ1) is 17.2. The van der Waals surface area contributed by atoms with Gasteiger partial charge in [-0.25, -0.2) is 0 Å². The molecule has 0 atom stereocenters. The smallest absolute Gasteiger partial charge is 0.322 e. The Morgan fingerprint density at radius 1 is 1.24 bits per heavy atom. The number of carboxylic acid groups (broad SMARTS) is 1. The fourth-order valence-corrected chi connectivity index (χ4v) is 3.52. The molecule has 0 spiro atoms. The van der Waals surface area contributed by atoms with Gasteiger partial charge in [-0.3, -0.25) is 19.7 Å². The summed E-state index contributed by atoms with van der Waals surface area (Å²) in [6.45, 7) is 3.23. The number of rotatable bonds is 5. The fraction of sp³-hybridized carbons (Fsp3) is 0.500. The van der Waals surface area contributed by atoms with Gasteiger partial charge in [0.05, 0.1) is 4.92 Å². The number of piperidine rings is 1. The van der Waals surface area contributed by atoms with Crippen LogP contribution >= 0.6 is 0 Å². The summed E-state index contributed by atoms with van der Waals surface area (Å²) in [5, 5.41) is 22.1. The number of fused-ring (bicyclic) bond motifs is 4. The fourth-order valence-electron chi connectivity index (χ4n) is 3.52. The van der Waals surface area contributed by atoms with Crippen LogP contribution in [0.4, 0.5) is 11.4 Å². The van der Waals surface area contributed by atoms with Gasteiger partial charge >= 0.3 is 5.97 Å². The second-order valence-electron chi connectivity index (χ2n) is 6.30. The van der Waals surface area contributed by atoms with Gasteiger partial charge in [0.1, 0.15) is 12.1 Å². The number of nitro benzene ring substituents is 1. The highest BCUT2D eigenvalue weighted by Gasteiger charge is 2.30. The molecule has 1 amide bonds. The van der Waals surface area contributed by atoms with Crippen molar-refractivity contribution in [2.24, 2.45) is 0 Å². The molecule has 0 saturated carbocycles. The zero-order valence-corrected chi connectivity index (χ0v) is 13.7. The summed E-state index contributed by atoms with van der Waals surface area (Å²) >= 11 is 0. The highest BCUT2D eigenvalue weighted by molar-refractivity contribution is 6.00. The number of carboxylic acids is 1. The number of benzene rings is 1. The Balaban J connectivity index is 1.90. The van der Waals surface area contributed by atoms with Gasteiger partial charge in [-0.1, -0.05) is 0 Å². The predicted octanol–water partition coefficient (Wildman–Crippen LogP) is 0.694. The SMILES string of the molecule is O=C(O)CNC(=O)c1cc(N2CCN3CCC2CC3)ccc1[N+](=O)[O-]. The molecule has 0 radical (unpaired) electrons. The number of hydrogen-bond donors (Lipinski definition) is 2. The standard InChI is InChI=1S/C16H20N4O5/c21-15(22)10-17-16(23)13-9-12(1-2-14(13)20(24)25)19-8-7-18-5-3-11(19)4-6-18/h1-2,9,11H,3-8,10H2,(H,17,23)(H,21,22). The third-order valence-corrected chi connectivity index (χ3v) is 4.81. The molecule has 3 aliphatic heterocycles. The van der Waals surface area contributed by atoms with Crippen LogP contribution in [0.25, 0.3) is 0 Å². The van der Waals surface area contributed by atoms with Crippen LogP contribution in [0.3, 0.4) is 0 Å². The highest BCUT2D eigenvalue weighted by Crippen LogP contribution is 2.30. The van der Waals surface area contributed by atoms with Gasteiger partial charge in [0.2, 0.25) is 0 Å². The average molecular weight is 348 g/mol. The van der Waals surface area contributed by atoms with Crippen molar-refractivity contribution in [3.63, 3.8) is 0 Å². The number of nitro groups is 1. The van der Waals surface area contributed by atoms with Crippen LogP contribution in [-0.4, -0.2) is 65.6 Å². The quantitative estimate of drug-likeness (QED) is 0.594. The number of carbonyl (C=O) groups is 2. The number of aliphatic carboxylic acids is 1. The molecule has 25 heavy (non-hydrogen) atoms. The lowest BCUT2D eigenvalue weighted by Gasteiger charge is -2.33. The van der Waals surface area contributed by atoms with Crippen LogP contribution in [0.15, 0.2) is 18.2 Å². The third kappa shape index (κ3) is 3.71. The van der Waals surface area contributed by atoms with Crippen LogP contribution in [0, 0.1) is 10.1 Å². The number of hydrogen-bond acceptors (Lipinski definition) is 6. The summed E-state index contributed by atoms with van der Waals surface area (Å²) in [5.41, 5.74) is 0.331. The van der Waals surface area contributed by atoms with Crippen LogP contribution in [0.5, 0.6) is 0 Å². The van der Waals surface area contributed by atoms with Crippen molar-refractivity contribution in [2.45, 2.75) is 18.9 Å². The summed E-state index contributed by atoms with van der Waals surface area (Å²) in [5.74, 6) is -1.95. The van der Waals surface area contributed by atoms with E-state index in [1.807, 2.05) is 0 Å². The van der Waals surface area contributed by atoms with Gasteiger partial charge in [0.25, 0.3) is 11.6 Å². The van der Waals surface area contributed by atoms with E-state index in [4.69, 9.17) is 5.11 Å². The maximum Gasteiger partial charge on any atom is 0.322 e.